The van der Waals surface area contributed by atoms with Crippen molar-refractivity contribution < 1.29 is 14.6 Å². The van der Waals surface area contributed by atoms with Crippen LogP contribution in [-0.2, 0) is 15.1 Å². The number of rotatable bonds is 4. The van der Waals surface area contributed by atoms with Crippen LogP contribution in [-0.4, -0.2) is 34.8 Å². The molecular formula is C12H15BrN2O3S. The molecule has 2 saturated heterocycles. The molecule has 1 aromatic heterocycles. The summed E-state index contributed by atoms with van der Waals surface area (Å²) in [7, 11) is 0. The Hall–Kier alpha value is -0.500. The Balaban J connectivity index is 1.88. The third-order valence-electron chi connectivity index (χ3n) is 3.83. The number of fused-ring (bicyclic) bond motifs is 2. The zero-order chi connectivity index (χ0) is 13.5. The van der Waals surface area contributed by atoms with E-state index in [-0.39, 0.29) is 6.61 Å². The molecule has 5 nitrogen and oxygen atoms in total. The van der Waals surface area contributed by atoms with E-state index in [9.17, 15) is 4.79 Å². The van der Waals surface area contributed by atoms with E-state index in [2.05, 4.69) is 26.2 Å². The Kier molecular flexibility index (Phi) is 3.63. The fraction of sp³-hybridized carbons (Fsp3) is 0.667. The Morgan fingerprint density at radius 2 is 2.26 bits per heavy atom. The number of halogens is 1. The molecule has 19 heavy (non-hydrogen) atoms. The van der Waals surface area contributed by atoms with Gasteiger partial charge in [0.15, 0.2) is 0 Å². The summed E-state index contributed by atoms with van der Waals surface area (Å²) in [4.78, 5) is 15.3. The number of carboxylic acids is 1. The molecule has 2 fully saturated rings. The van der Waals surface area contributed by atoms with Crippen molar-refractivity contribution in [3.05, 3.63) is 15.0 Å². The second kappa shape index (κ2) is 5.12. The van der Waals surface area contributed by atoms with Crippen molar-refractivity contribution in [2.75, 3.05) is 6.61 Å². The summed E-state index contributed by atoms with van der Waals surface area (Å²) < 4.78 is 6.59. The van der Waals surface area contributed by atoms with Gasteiger partial charge in [-0.2, -0.15) is 0 Å². The average Bonchev–Trinajstić information content (AvgIpc) is 2.94. The maximum atomic E-state index is 10.8. The fourth-order valence-electron chi connectivity index (χ4n) is 3.12. The molecule has 2 bridgehead atoms. The summed E-state index contributed by atoms with van der Waals surface area (Å²) in [5, 5.41) is 15.2. The lowest BCUT2D eigenvalue weighted by molar-refractivity contribution is -0.154. The van der Waals surface area contributed by atoms with Crippen LogP contribution in [0.4, 0.5) is 0 Å². The molecule has 3 heterocycles. The summed E-state index contributed by atoms with van der Waals surface area (Å²) in [6.07, 6.45) is 3.87. The number of ether oxygens (including phenoxy) is 1. The van der Waals surface area contributed by atoms with Gasteiger partial charge in [0.2, 0.25) is 0 Å². The lowest BCUT2D eigenvalue weighted by atomic mass is 9.87. The second-order valence-electron chi connectivity index (χ2n) is 5.20. The van der Waals surface area contributed by atoms with Crippen LogP contribution in [0.2, 0.25) is 0 Å². The van der Waals surface area contributed by atoms with Gasteiger partial charge in [-0.05, 0) is 41.6 Å². The summed E-state index contributed by atoms with van der Waals surface area (Å²) in [6, 6.07) is 0.824. The number of nitrogens with zero attached hydrogens (tertiary/aromatic N) is 1. The molecule has 0 spiro atoms. The third-order valence-corrected chi connectivity index (χ3v) is 5.56. The van der Waals surface area contributed by atoms with Crippen LogP contribution in [0.3, 0.4) is 0 Å². The Labute approximate surface area is 123 Å². The largest absolute Gasteiger partial charge is 0.480 e. The van der Waals surface area contributed by atoms with Crippen LogP contribution in [0, 0.1) is 0 Å². The number of hydrogen-bond donors (Lipinski definition) is 2. The van der Waals surface area contributed by atoms with Gasteiger partial charge in [0, 0.05) is 17.5 Å². The molecule has 2 aliphatic heterocycles. The highest BCUT2D eigenvalue weighted by Gasteiger charge is 2.47. The maximum absolute atomic E-state index is 10.8. The van der Waals surface area contributed by atoms with Crippen molar-refractivity contribution in [2.24, 2.45) is 0 Å². The van der Waals surface area contributed by atoms with Crippen LogP contribution in [0.15, 0.2) is 9.98 Å². The normalized spacial score (nSPS) is 33.5. The maximum Gasteiger partial charge on any atom is 0.329 e. The van der Waals surface area contributed by atoms with E-state index in [1.54, 1.807) is 0 Å². The number of aliphatic carboxylic acids is 1. The highest BCUT2D eigenvalue weighted by atomic mass is 79.9. The van der Waals surface area contributed by atoms with E-state index in [0.717, 1.165) is 35.3 Å². The monoisotopic (exact) mass is 346 g/mol. The van der Waals surface area contributed by atoms with Crippen molar-refractivity contribution in [3.8, 4) is 0 Å². The quantitative estimate of drug-likeness (QED) is 0.873. The van der Waals surface area contributed by atoms with Gasteiger partial charge in [0.05, 0.1) is 0 Å². The highest BCUT2D eigenvalue weighted by Crippen LogP contribution is 2.44. The fourth-order valence-corrected chi connectivity index (χ4v) is 4.55. The molecule has 104 valence electrons. The predicted molar refractivity (Wildman–Crippen MR) is 74.3 cm³/mol. The highest BCUT2D eigenvalue weighted by molar-refractivity contribution is 9.10. The molecule has 3 rings (SSSR count). The minimum Gasteiger partial charge on any atom is -0.480 e. The summed E-state index contributed by atoms with van der Waals surface area (Å²) >= 11 is 4.90. The van der Waals surface area contributed by atoms with Gasteiger partial charge in [0.1, 0.15) is 21.8 Å². The smallest absolute Gasteiger partial charge is 0.329 e. The van der Waals surface area contributed by atoms with Crippen LogP contribution in [0.25, 0.3) is 0 Å². The molecular weight excluding hydrogens is 332 g/mol. The van der Waals surface area contributed by atoms with Crippen LogP contribution < -0.4 is 5.32 Å². The Bertz CT molecular complexity index is 481. The van der Waals surface area contributed by atoms with Crippen molar-refractivity contribution >= 4 is 33.2 Å². The average molecular weight is 347 g/mol. The first-order valence-corrected chi connectivity index (χ1v) is 7.98. The van der Waals surface area contributed by atoms with Gasteiger partial charge in [-0.3, -0.25) is 0 Å². The third kappa shape index (κ3) is 2.69. The Morgan fingerprint density at radius 1 is 1.58 bits per heavy atom. The van der Waals surface area contributed by atoms with Crippen LogP contribution >= 0.6 is 27.3 Å². The number of aromatic nitrogens is 1. The number of hydrogen-bond acceptors (Lipinski definition) is 5. The van der Waals surface area contributed by atoms with Gasteiger partial charge in [-0.15, -0.1) is 11.3 Å². The van der Waals surface area contributed by atoms with Crippen molar-refractivity contribution in [2.45, 2.75) is 43.4 Å². The molecule has 2 unspecified atom stereocenters. The van der Waals surface area contributed by atoms with Gasteiger partial charge in [-0.25, -0.2) is 9.78 Å². The number of carboxylic acid groups (broad SMARTS) is 1. The van der Waals surface area contributed by atoms with E-state index in [1.165, 1.54) is 11.3 Å². The molecule has 0 saturated carbocycles. The summed E-state index contributed by atoms with van der Waals surface area (Å²) in [5.41, 5.74) is -0.536. The number of nitrogens with one attached hydrogen (secondary N) is 1. The predicted octanol–water partition coefficient (Wildman–Crippen LogP) is 2.12. The second-order valence-corrected chi connectivity index (χ2v) is 6.87. The zero-order valence-corrected chi connectivity index (χ0v) is 12.7. The number of carbonyl (C=O) groups is 1. The van der Waals surface area contributed by atoms with Crippen molar-refractivity contribution in [1.82, 2.24) is 10.3 Å². The van der Waals surface area contributed by atoms with E-state index < -0.39 is 11.6 Å². The molecule has 0 aliphatic carbocycles. The van der Waals surface area contributed by atoms with E-state index in [4.69, 9.17) is 9.84 Å². The molecule has 2 atom stereocenters. The van der Waals surface area contributed by atoms with E-state index in [0.29, 0.717) is 12.1 Å². The minimum atomic E-state index is -0.930. The minimum absolute atomic E-state index is 0.267. The molecule has 2 N–H and O–H groups in total. The first-order valence-electron chi connectivity index (χ1n) is 6.31. The van der Waals surface area contributed by atoms with Gasteiger partial charge < -0.3 is 15.2 Å². The van der Waals surface area contributed by atoms with E-state index >= 15 is 0 Å². The zero-order valence-electron chi connectivity index (χ0n) is 10.3. The van der Waals surface area contributed by atoms with Crippen molar-refractivity contribution in [3.63, 3.8) is 0 Å². The topological polar surface area (TPSA) is 71.5 Å². The molecule has 2 aliphatic rings. The van der Waals surface area contributed by atoms with Crippen LogP contribution in [0.1, 0.15) is 30.7 Å². The van der Waals surface area contributed by atoms with E-state index in [1.807, 2.05) is 5.38 Å². The van der Waals surface area contributed by atoms with Gasteiger partial charge >= 0.3 is 5.97 Å². The lowest BCUT2D eigenvalue weighted by Crippen LogP contribution is -2.48. The van der Waals surface area contributed by atoms with Crippen molar-refractivity contribution in [1.29, 1.82) is 0 Å². The standard InChI is InChI=1S/C12H15BrN2O3S/c13-9-6-19-11(15-9)12(18-5-10(16)17)3-7-1-2-8(4-12)14-7/h6-8,14H,1-5H2,(H,16,17). The molecule has 0 aromatic carbocycles. The molecule has 0 amide bonds. The Morgan fingerprint density at radius 3 is 2.79 bits per heavy atom. The van der Waals surface area contributed by atoms with Gasteiger partial charge in [0.25, 0.3) is 0 Å². The molecule has 0 radical (unpaired) electrons. The SMILES string of the molecule is O=C(O)COC1(c2nc(Br)cs2)CC2CCC(C1)N2. The number of thiazole rings is 1. The number of piperidine rings is 1. The first-order chi connectivity index (χ1) is 9.07. The summed E-state index contributed by atoms with van der Waals surface area (Å²) in [5.74, 6) is -0.930. The molecule has 1 aromatic rings. The van der Waals surface area contributed by atoms with Gasteiger partial charge in [-0.1, -0.05) is 0 Å². The summed E-state index contributed by atoms with van der Waals surface area (Å²) in [6.45, 7) is -0.267. The lowest BCUT2D eigenvalue weighted by Gasteiger charge is -2.39. The first kappa shape index (κ1) is 13.5. The van der Waals surface area contributed by atoms with Crippen LogP contribution in [0.5, 0.6) is 0 Å². The molecule has 7 heteroatoms.